The molecule has 0 saturated carbocycles. The van der Waals surface area contributed by atoms with E-state index in [0.29, 0.717) is 11.5 Å². The Kier molecular flexibility index (Phi) is 3.59. The van der Waals surface area contributed by atoms with Crippen LogP contribution in [0.4, 0.5) is 0 Å². The Morgan fingerprint density at radius 3 is 1.59 bits per heavy atom. The lowest BCUT2D eigenvalue weighted by Gasteiger charge is -2.09. The summed E-state index contributed by atoms with van der Waals surface area (Å²) < 4.78 is 1.96. The smallest absolute Gasteiger partial charge is 0.462 e. The maximum atomic E-state index is 9.97. The SMILES string of the molecule is Cc1ccc[c]([Mg][c]2cccc(C)c2O)c1O. The van der Waals surface area contributed by atoms with Crippen molar-refractivity contribution < 1.29 is 10.2 Å². The lowest BCUT2D eigenvalue weighted by atomic mass is 10.2. The van der Waals surface area contributed by atoms with Gasteiger partial charge < -0.3 is 10.2 Å². The van der Waals surface area contributed by atoms with Crippen LogP contribution >= 0.6 is 0 Å². The number of benzene rings is 2. The minimum absolute atomic E-state index is 0.375. The summed E-state index contributed by atoms with van der Waals surface area (Å²) in [6.45, 7) is 3.78. The molecule has 2 rings (SSSR count). The van der Waals surface area contributed by atoms with E-state index in [1.54, 1.807) is 0 Å². The summed E-state index contributed by atoms with van der Waals surface area (Å²) in [5, 5.41) is 19.9. The fraction of sp³-hybridized carbons (Fsp3) is 0.143. The summed E-state index contributed by atoms with van der Waals surface area (Å²) >= 11 is -0.835. The second-order valence-electron chi connectivity index (χ2n) is 4.34. The molecule has 0 aliphatic carbocycles. The minimum atomic E-state index is -0.835. The average Bonchev–Trinajstić information content (AvgIpc) is 2.31. The molecule has 84 valence electrons. The predicted molar refractivity (Wildman–Crippen MR) is 70.7 cm³/mol. The lowest BCUT2D eigenvalue weighted by Crippen LogP contribution is -2.28. The molecule has 0 fully saturated rings. The maximum Gasteiger partial charge on any atom is 0.462 e. The Balaban J connectivity index is 2.38. The minimum Gasteiger partial charge on any atom is -0.510 e. The summed E-state index contributed by atoms with van der Waals surface area (Å²) in [6.07, 6.45) is 0. The Bertz CT molecular complexity index is 500. The van der Waals surface area contributed by atoms with E-state index in [1.807, 2.05) is 50.2 Å². The van der Waals surface area contributed by atoms with Crippen LogP contribution < -0.4 is 7.39 Å². The molecule has 3 heteroatoms. The van der Waals surface area contributed by atoms with Crippen LogP contribution in [-0.2, 0) is 0 Å². The van der Waals surface area contributed by atoms with E-state index < -0.39 is 20.4 Å². The number of phenols is 2. The normalized spacial score (nSPS) is 10.0. The molecule has 0 bridgehead atoms. The second-order valence-corrected chi connectivity index (χ2v) is 6.22. The topological polar surface area (TPSA) is 40.5 Å². The summed E-state index contributed by atoms with van der Waals surface area (Å²) in [7, 11) is 0. The quantitative estimate of drug-likeness (QED) is 0.776. The molecule has 0 aromatic heterocycles. The molecule has 0 heterocycles. The Hall–Kier alpha value is -1.19. The highest BCUT2D eigenvalue weighted by atomic mass is 24.5. The van der Waals surface area contributed by atoms with Crippen molar-refractivity contribution >= 4 is 27.8 Å². The van der Waals surface area contributed by atoms with E-state index in [0.717, 1.165) is 18.5 Å². The highest BCUT2D eigenvalue weighted by Gasteiger charge is 2.12. The van der Waals surface area contributed by atoms with Crippen LogP contribution in [0.3, 0.4) is 0 Å². The van der Waals surface area contributed by atoms with E-state index in [1.165, 1.54) is 0 Å². The Labute approximate surface area is 111 Å². The van der Waals surface area contributed by atoms with Crippen LogP contribution in [0.1, 0.15) is 11.1 Å². The zero-order valence-electron chi connectivity index (χ0n) is 10.1. The van der Waals surface area contributed by atoms with Crippen molar-refractivity contribution in [1.29, 1.82) is 0 Å². The van der Waals surface area contributed by atoms with Crippen molar-refractivity contribution in [3.8, 4) is 11.5 Å². The van der Waals surface area contributed by atoms with Gasteiger partial charge in [-0.3, -0.25) is 0 Å². The van der Waals surface area contributed by atoms with Crippen LogP contribution in [0, 0.1) is 13.8 Å². The third kappa shape index (κ3) is 2.56. The third-order valence-electron chi connectivity index (χ3n) is 3.02. The van der Waals surface area contributed by atoms with Gasteiger partial charge in [-0.1, -0.05) is 36.4 Å². The van der Waals surface area contributed by atoms with Gasteiger partial charge in [-0.25, -0.2) is 0 Å². The molecule has 0 amide bonds. The molecular formula is C14H14MgO2. The van der Waals surface area contributed by atoms with Crippen molar-refractivity contribution in [2.24, 2.45) is 0 Å². The van der Waals surface area contributed by atoms with Crippen molar-refractivity contribution in [3.63, 3.8) is 0 Å². The van der Waals surface area contributed by atoms with E-state index >= 15 is 0 Å². The van der Waals surface area contributed by atoms with Gasteiger partial charge in [0.1, 0.15) is 0 Å². The summed E-state index contributed by atoms with van der Waals surface area (Å²) in [4.78, 5) is 0. The van der Waals surface area contributed by atoms with Gasteiger partial charge in [0.25, 0.3) is 0 Å². The number of aryl methyl sites for hydroxylation is 2. The first-order valence-corrected chi connectivity index (χ1v) is 7.06. The standard InChI is InChI=1S/2C7H7O.Mg/c2*1-6-4-2-3-5-7(6)8;/h2*2-4,8H,1H3;. The number of hydrogen-bond donors (Lipinski definition) is 2. The highest BCUT2D eigenvalue weighted by Crippen LogP contribution is 2.14. The Morgan fingerprint density at radius 1 is 0.765 bits per heavy atom. The van der Waals surface area contributed by atoms with E-state index in [4.69, 9.17) is 0 Å². The van der Waals surface area contributed by atoms with Crippen molar-refractivity contribution in [1.82, 2.24) is 0 Å². The zero-order chi connectivity index (χ0) is 12.4. The van der Waals surface area contributed by atoms with Crippen LogP contribution in [0.25, 0.3) is 0 Å². The molecule has 0 radical (unpaired) electrons. The fourth-order valence-electron chi connectivity index (χ4n) is 1.93. The molecular weight excluding hydrogens is 224 g/mol. The third-order valence-corrected chi connectivity index (χ3v) is 4.93. The van der Waals surface area contributed by atoms with Crippen LogP contribution in [0.5, 0.6) is 11.5 Å². The predicted octanol–water partition coefficient (Wildman–Crippen LogP) is 1.37. The lowest BCUT2D eigenvalue weighted by molar-refractivity contribution is 0.474. The second kappa shape index (κ2) is 4.98. The largest absolute Gasteiger partial charge is 0.510 e. The Morgan fingerprint density at radius 2 is 1.18 bits per heavy atom. The zero-order valence-corrected chi connectivity index (χ0v) is 11.5. The molecule has 0 aliphatic rings. The fourth-order valence-corrected chi connectivity index (χ4v) is 3.74. The number of rotatable bonds is 2. The van der Waals surface area contributed by atoms with Crippen molar-refractivity contribution in [2.45, 2.75) is 13.8 Å². The van der Waals surface area contributed by atoms with Gasteiger partial charge in [-0.15, -0.1) is 7.39 Å². The first kappa shape index (κ1) is 12.3. The van der Waals surface area contributed by atoms with Gasteiger partial charge in [0, 0.05) is 0 Å². The average molecular weight is 239 g/mol. The molecule has 2 aromatic carbocycles. The number of aromatic hydroxyl groups is 2. The van der Waals surface area contributed by atoms with Crippen LogP contribution in [0.2, 0.25) is 0 Å². The summed E-state index contributed by atoms with van der Waals surface area (Å²) in [5.74, 6) is 0.750. The molecule has 0 spiro atoms. The van der Waals surface area contributed by atoms with Crippen molar-refractivity contribution in [2.75, 3.05) is 0 Å². The van der Waals surface area contributed by atoms with Gasteiger partial charge in [-0.05, 0) is 25.0 Å². The van der Waals surface area contributed by atoms with Gasteiger partial charge >= 0.3 is 20.4 Å². The number of hydrogen-bond acceptors (Lipinski definition) is 2. The molecule has 0 aliphatic heterocycles. The number of para-hydroxylation sites is 2. The molecule has 0 saturated heterocycles. The highest BCUT2D eigenvalue weighted by molar-refractivity contribution is 6.69. The van der Waals surface area contributed by atoms with Crippen LogP contribution in [0.15, 0.2) is 36.4 Å². The monoisotopic (exact) mass is 238 g/mol. The molecule has 0 unspecified atom stereocenters. The molecule has 17 heavy (non-hydrogen) atoms. The number of phenolic OH excluding ortho intramolecular Hbond substituents is 2. The molecule has 0 atom stereocenters. The maximum absolute atomic E-state index is 9.97. The van der Waals surface area contributed by atoms with Crippen LogP contribution in [-0.4, -0.2) is 30.6 Å². The van der Waals surface area contributed by atoms with E-state index in [2.05, 4.69) is 0 Å². The van der Waals surface area contributed by atoms with E-state index in [9.17, 15) is 10.2 Å². The molecule has 2 nitrogen and oxygen atoms in total. The van der Waals surface area contributed by atoms with Crippen molar-refractivity contribution in [3.05, 3.63) is 47.5 Å². The summed E-state index contributed by atoms with van der Waals surface area (Å²) in [6, 6.07) is 11.6. The van der Waals surface area contributed by atoms with Gasteiger partial charge in [0.15, 0.2) is 0 Å². The van der Waals surface area contributed by atoms with Gasteiger partial charge in [0.05, 0.1) is 11.5 Å². The summed E-state index contributed by atoms with van der Waals surface area (Å²) in [5.41, 5.74) is 1.78. The van der Waals surface area contributed by atoms with Gasteiger partial charge in [0.2, 0.25) is 0 Å². The molecule has 2 N–H and O–H groups in total. The van der Waals surface area contributed by atoms with Gasteiger partial charge in [-0.2, -0.15) is 0 Å². The molecule has 2 aromatic rings. The first-order valence-electron chi connectivity index (χ1n) is 5.64. The van der Waals surface area contributed by atoms with E-state index in [-0.39, 0.29) is 0 Å². The first-order chi connectivity index (χ1) is 8.09.